The van der Waals surface area contributed by atoms with Crippen molar-refractivity contribution in [1.29, 1.82) is 0 Å². The second kappa shape index (κ2) is 113. The Morgan fingerprint density at radius 3 is 0.542 bits per heavy atom. The van der Waals surface area contributed by atoms with Crippen LogP contribution in [-0.4, -0.2) is 109 Å². The van der Waals surface area contributed by atoms with E-state index in [2.05, 4.69) is 79.2 Å². The van der Waals surface area contributed by atoms with Gasteiger partial charge in [-0.3, -0.25) is 52.7 Å². The molecule has 131 heavy (non-hydrogen) atoms. The van der Waals surface area contributed by atoms with Crippen molar-refractivity contribution in [2.24, 2.45) is 34.4 Å². The van der Waals surface area contributed by atoms with E-state index in [9.17, 15) is 52.7 Å². The Morgan fingerprint density at radius 2 is 0.359 bits per heavy atom. The van der Waals surface area contributed by atoms with Gasteiger partial charge in [-0.05, 0) is 44.9 Å². The van der Waals surface area contributed by atoms with Gasteiger partial charge < -0.3 is 66.3 Å². The summed E-state index contributed by atoms with van der Waals surface area (Å²) in [5.41, 5.74) is 31.1. The maximum Gasteiger partial charge on any atom is 0.240 e. The quantitative estimate of drug-likeness (QED) is 0.0253. The lowest BCUT2D eigenvalue weighted by molar-refractivity contribution is -0.129. The molecule has 0 heterocycles. The zero-order chi connectivity index (χ0) is 97.8. The largest absolute Gasteiger partial charge is 0.370 e. The molecule has 0 fully saturated rings. The first kappa shape index (κ1) is 134. The zero-order valence-corrected chi connectivity index (χ0v) is 86.7. The number of amides is 11. The normalized spacial score (nSPS) is 11.5. The van der Waals surface area contributed by atoms with Gasteiger partial charge in [0.25, 0.3) is 0 Å². The van der Waals surface area contributed by atoms with Crippen molar-refractivity contribution in [1.82, 2.24) is 31.9 Å². The third-order valence-corrected chi connectivity index (χ3v) is 24.6. The third-order valence-electron chi connectivity index (χ3n) is 24.6. The number of hydrogen-bond acceptors (Lipinski definition) is 12. The lowest BCUT2D eigenvalue weighted by Gasteiger charge is -2.15. The van der Waals surface area contributed by atoms with Crippen LogP contribution >= 0.6 is 0 Å². The van der Waals surface area contributed by atoms with E-state index in [1.54, 1.807) is 0 Å². The predicted octanol–water partition coefficient (Wildman–Crippen LogP) is 24.6. The summed E-state index contributed by atoms with van der Waals surface area (Å²) >= 11 is 0. The van der Waals surface area contributed by atoms with Crippen molar-refractivity contribution < 1.29 is 52.7 Å². The SMILES string of the molecule is CC(N)=O.CCCCCCCCCCCCCCC(NC(=O)CN)C(N)=O.CCCCCCCCCCCCCCCC(=O)NCC(=O)NC(CCCCCCCCCCCCCC)C(N)=O.CCCCCCCCCCCCCCCC(=O)NCCCC(=O)NCC(=O)NC(CCCCCCCCCCCCCC)C(N)=O.CCCCCCCCCCCCCCCC(N)=O. The second-order valence-electron chi connectivity index (χ2n) is 37.9. The van der Waals surface area contributed by atoms with Crippen LogP contribution in [0.15, 0.2) is 0 Å². The molecule has 0 aromatic carbocycles. The maximum atomic E-state index is 12.3. The van der Waals surface area contributed by atoms with E-state index in [0.29, 0.717) is 51.5 Å². The molecule has 0 spiro atoms. The lowest BCUT2D eigenvalue weighted by atomic mass is 10.0. The molecule has 0 aromatic heterocycles. The monoisotopic (exact) mass is 1860 g/mol. The Labute approximate surface area is 805 Å². The molecule has 3 unspecified atom stereocenters. The summed E-state index contributed by atoms with van der Waals surface area (Å²) in [6, 6.07) is -1.94. The smallest absolute Gasteiger partial charge is 0.240 e. The van der Waals surface area contributed by atoms with Gasteiger partial charge >= 0.3 is 0 Å². The van der Waals surface area contributed by atoms with E-state index in [1.165, 1.54) is 405 Å². The average molecular weight is 1860 g/mol. The van der Waals surface area contributed by atoms with E-state index in [4.69, 9.17) is 28.7 Å². The highest BCUT2D eigenvalue weighted by Crippen LogP contribution is 2.21. The number of nitrogens with two attached hydrogens (primary N) is 6. The molecule has 0 aliphatic heterocycles. The summed E-state index contributed by atoms with van der Waals surface area (Å²) in [4.78, 5) is 127. The summed E-state index contributed by atoms with van der Waals surface area (Å²) in [5.74, 6) is -3.42. The minimum atomic E-state index is -0.711. The van der Waals surface area contributed by atoms with Crippen LogP contribution in [0, 0.1) is 0 Å². The minimum Gasteiger partial charge on any atom is -0.370 e. The molecular formula is C108H216N12O11. The van der Waals surface area contributed by atoms with Gasteiger partial charge in [0, 0.05) is 39.2 Å². The van der Waals surface area contributed by atoms with E-state index >= 15 is 0 Å². The Morgan fingerprint density at radius 1 is 0.198 bits per heavy atom. The van der Waals surface area contributed by atoms with Crippen LogP contribution in [0.3, 0.4) is 0 Å². The zero-order valence-electron chi connectivity index (χ0n) is 86.7. The van der Waals surface area contributed by atoms with Gasteiger partial charge in [-0.25, -0.2) is 0 Å². The molecular weight excluding hydrogens is 1640 g/mol. The molecule has 0 radical (unpaired) electrons. The standard InChI is InChI=1S/C38H74N4O4.C34H67N3O3.C18H37N3O2.C16H33NO.C2H5NO/c1-3-5-7-9-11-13-15-17-19-21-23-25-27-30-35(43)40-32-28-31-36(44)41-33-37(45)42-34(38(39)46)29-26-24-22-20-18-16-14-12-10-8-6-4-2;1-3-5-7-9-11-13-15-17-19-21-23-25-27-29-32(38)36-30-33(39)37-31(34(35)40)28-26-24-22-20-18-16-14-12-10-8-6-4-2;1-2-3-4-5-6-7-8-9-10-11-12-13-14-16(18(20)23)21-17(22)15-19;1-2-3-4-5-6-7-8-9-10-11-12-13-14-15-16(17)18;1-2(3)4/h34H,3-33H2,1-2H3,(H2,39,46)(H,40,43)(H,41,44)(H,42,45);31H,3-30H2,1-2H3,(H2,35,40)(H,36,38)(H,37,39);16H,2-15,19H2,1H3,(H2,20,23)(H,21,22);2-15H2,1H3,(H2,17,18);1H3,(H2,3,4). The molecule has 0 saturated heterocycles. The van der Waals surface area contributed by atoms with Crippen LogP contribution in [-0.2, 0) is 52.7 Å². The molecule has 0 saturated carbocycles. The highest BCUT2D eigenvalue weighted by Gasteiger charge is 2.21. The van der Waals surface area contributed by atoms with Crippen LogP contribution in [0.4, 0.5) is 0 Å². The molecule has 0 aliphatic carbocycles. The van der Waals surface area contributed by atoms with Crippen LogP contribution in [0.2, 0.25) is 0 Å². The third kappa shape index (κ3) is 120. The van der Waals surface area contributed by atoms with E-state index in [0.717, 1.165) is 83.5 Å². The van der Waals surface area contributed by atoms with Gasteiger partial charge in [0.1, 0.15) is 18.1 Å². The predicted molar refractivity (Wildman–Crippen MR) is 553 cm³/mol. The second-order valence-corrected chi connectivity index (χ2v) is 37.9. The Kier molecular flexibility index (Phi) is 115. The number of nitrogens with one attached hydrogen (secondary N) is 6. The minimum absolute atomic E-state index is 0.0357. The fourth-order valence-corrected chi connectivity index (χ4v) is 16.2. The first-order valence-corrected chi connectivity index (χ1v) is 55.3. The maximum absolute atomic E-state index is 12.3. The van der Waals surface area contributed by atoms with Crippen LogP contribution in [0.5, 0.6) is 0 Å². The molecule has 23 nitrogen and oxygen atoms in total. The number of hydrogen-bond donors (Lipinski definition) is 12. The molecule has 23 heteroatoms. The molecule has 3 atom stereocenters. The summed E-state index contributed by atoms with van der Waals surface area (Å²) < 4.78 is 0. The summed E-state index contributed by atoms with van der Waals surface area (Å²) in [5, 5.41) is 16.1. The van der Waals surface area contributed by atoms with Gasteiger partial charge in [-0.1, -0.05) is 504 Å². The van der Waals surface area contributed by atoms with Gasteiger partial charge in [-0.15, -0.1) is 0 Å². The highest BCUT2D eigenvalue weighted by molar-refractivity contribution is 5.90. The van der Waals surface area contributed by atoms with Crippen LogP contribution in [0.25, 0.3) is 0 Å². The molecule has 0 aromatic rings. The van der Waals surface area contributed by atoms with Crippen LogP contribution in [0.1, 0.15) is 581 Å². The first-order valence-electron chi connectivity index (χ1n) is 55.3. The van der Waals surface area contributed by atoms with Crippen molar-refractivity contribution in [3.05, 3.63) is 0 Å². The molecule has 0 aliphatic rings. The lowest BCUT2D eigenvalue weighted by Crippen LogP contribution is -2.47. The molecule has 0 bridgehead atoms. The van der Waals surface area contributed by atoms with Crippen molar-refractivity contribution in [2.75, 3.05) is 26.2 Å². The Balaban J connectivity index is -0.000000561. The van der Waals surface area contributed by atoms with Crippen molar-refractivity contribution >= 4 is 65.0 Å². The van der Waals surface area contributed by atoms with Gasteiger partial charge in [0.2, 0.25) is 65.0 Å². The van der Waals surface area contributed by atoms with E-state index < -0.39 is 41.8 Å². The van der Waals surface area contributed by atoms with E-state index in [-0.39, 0.29) is 67.4 Å². The topological polar surface area (TPSA) is 416 Å². The van der Waals surface area contributed by atoms with E-state index in [1.807, 2.05) is 0 Å². The van der Waals surface area contributed by atoms with Crippen LogP contribution < -0.4 is 66.3 Å². The summed E-state index contributed by atoms with van der Waals surface area (Å²) in [6.07, 6.45) is 99.6. The van der Waals surface area contributed by atoms with Gasteiger partial charge in [-0.2, -0.15) is 0 Å². The van der Waals surface area contributed by atoms with Gasteiger partial charge in [0.15, 0.2) is 0 Å². The van der Waals surface area contributed by atoms with Gasteiger partial charge in [0.05, 0.1) is 19.6 Å². The van der Waals surface area contributed by atoms with Crippen molar-refractivity contribution in [2.45, 2.75) is 600 Å². The number of rotatable bonds is 96. The van der Waals surface area contributed by atoms with Crippen molar-refractivity contribution in [3.8, 4) is 0 Å². The highest BCUT2D eigenvalue weighted by atomic mass is 16.2. The Bertz CT molecular complexity index is 2550. The molecule has 0 rings (SSSR count). The summed E-state index contributed by atoms with van der Waals surface area (Å²) in [6.45, 7) is 14.9. The Hall–Kier alpha value is -5.87. The molecule has 774 valence electrons. The molecule has 11 amide bonds. The number of primary amides is 5. The van der Waals surface area contributed by atoms with Crippen molar-refractivity contribution in [3.63, 3.8) is 0 Å². The summed E-state index contributed by atoms with van der Waals surface area (Å²) in [7, 11) is 0. The number of carbonyl (C=O) groups is 11. The fourth-order valence-electron chi connectivity index (χ4n) is 16.2. The first-order chi connectivity index (χ1) is 63.5. The average Bonchev–Trinajstić information content (AvgIpc) is 0.937. The number of carbonyl (C=O) groups excluding carboxylic acids is 11. The molecule has 18 N–H and O–H groups in total. The number of unbranched alkanes of at least 4 members (excludes halogenated alkanes) is 69. The fraction of sp³-hybridized carbons (Fsp3) is 0.898.